The molecule has 21 heavy (non-hydrogen) atoms. The lowest BCUT2D eigenvalue weighted by molar-refractivity contribution is -0.145. The first-order valence-electron chi connectivity index (χ1n) is 6.53. The zero-order valence-corrected chi connectivity index (χ0v) is 13.3. The van der Waals surface area contributed by atoms with Gasteiger partial charge in [0.1, 0.15) is 10.4 Å². The Morgan fingerprint density at radius 1 is 1.57 bits per heavy atom. The van der Waals surface area contributed by atoms with Crippen LogP contribution in [-0.2, 0) is 9.59 Å². The average Bonchev–Trinajstić information content (AvgIpc) is 2.97. The molecule has 1 amide bonds. The molecule has 0 radical (unpaired) electrons. The molecule has 0 saturated carbocycles. The van der Waals surface area contributed by atoms with Crippen molar-refractivity contribution in [1.82, 2.24) is 9.88 Å². The Kier molecular flexibility index (Phi) is 4.84. The van der Waals surface area contributed by atoms with Gasteiger partial charge in [0.2, 0.25) is 0 Å². The van der Waals surface area contributed by atoms with Crippen molar-refractivity contribution in [3.05, 3.63) is 28.9 Å². The Hall–Kier alpha value is -1.60. The third-order valence-electron chi connectivity index (χ3n) is 3.02. The Bertz CT molecular complexity index is 593. The zero-order chi connectivity index (χ0) is 15.6. The molecule has 1 aliphatic rings. The SMILES string of the molecule is CC(C)CC(C(=O)O)N1C(=O)/C(=C/c2ccc[nH]2)SC1=S. The molecular formula is C14H16N2O3S2. The molecule has 2 N–H and O–H groups in total. The molecule has 1 saturated heterocycles. The third-order valence-corrected chi connectivity index (χ3v) is 4.35. The number of amides is 1. The number of hydrogen-bond acceptors (Lipinski definition) is 4. The fraction of sp³-hybridized carbons (Fsp3) is 0.357. The first-order valence-corrected chi connectivity index (χ1v) is 7.76. The number of thioether (sulfide) groups is 1. The monoisotopic (exact) mass is 324 g/mol. The standard InChI is InChI=1S/C14H16N2O3S2/c1-8(2)6-10(13(18)19)16-12(17)11(21-14(16)20)7-9-4-3-5-15-9/h3-5,7-8,10,15H,6H2,1-2H3,(H,18,19)/b11-7-. The van der Waals surface area contributed by atoms with E-state index in [1.54, 1.807) is 12.3 Å². The molecule has 0 spiro atoms. The first-order chi connectivity index (χ1) is 9.90. The minimum atomic E-state index is -1.03. The molecule has 2 rings (SSSR count). The Labute approximate surface area is 132 Å². The topological polar surface area (TPSA) is 73.4 Å². The predicted molar refractivity (Wildman–Crippen MR) is 86.7 cm³/mol. The van der Waals surface area contributed by atoms with E-state index in [1.807, 2.05) is 26.0 Å². The highest BCUT2D eigenvalue weighted by atomic mass is 32.2. The molecule has 7 heteroatoms. The van der Waals surface area contributed by atoms with Gasteiger partial charge in [0.15, 0.2) is 0 Å². The van der Waals surface area contributed by atoms with Crippen LogP contribution in [0.5, 0.6) is 0 Å². The molecule has 1 fully saturated rings. The maximum absolute atomic E-state index is 12.4. The number of aliphatic carboxylic acids is 1. The van der Waals surface area contributed by atoms with Gasteiger partial charge >= 0.3 is 5.97 Å². The van der Waals surface area contributed by atoms with Gasteiger partial charge in [0, 0.05) is 11.9 Å². The van der Waals surface area contributed by atoms with Crippen LogP contribution in [0.1, 0.15) is 26.0 Å². The van der Waals surface area contributed by atoms with E-state index in [9.17, 15) is 14.7 Å². The summed E-state index contributed by atoms with van der Waals surface area (Å²) in [6.45, 7) is 3.84. The van der Waals surface area contributed by atoms with Crippen LogP contribution >= 0.6 is 24.0 Å². The van der Waals surface area contributed by atoms with Crippen molar-refractivity contribution in [2.24, 2.45) is 5.92 Å². The maximum atomic E-state index is 12.4. The highest BCUT2D eigenvalue weighted by Crippen LogP contribution is 2.35. The van der Waals surface area contributed by atoms with Crippen LogP contribution in [0.25, 0.3) is 6.08 Å². The quantitative estimate of drug-likeness (QED) is 0.643. The highest BCUT2D eigenvalue weighted by molar-refractivity contribution is 8.26. The minimum absolute atomic E-state index is 0.156. The molecule has 1 aliphatic heterocycles. The van der Waals surface area contributed by atoms with E-state index in [1.165, 1.54) is 4.90 Å². The molecule has 2 heterocycles. The Morgan fingerprint density at radius 2 is 2.29 bits per heavy atom. The van der Waals surface area contributed by atoms with Gasteiger partial charge in [0.25, 0.3) is 5.91 Å². The van der Waals surface area contributed by atoms with Crippen LogP contribution in [0, 0.1) is 5.92 Å². The summed E-state index contributed by atoms with van der Waals surface area (Å²) in [6, 6.07) is 2.74. The Morgan fingerprint density at radius 3 is 2.81 bits per heavy atom. The molecule has 1 unspecified atom stereocenters. The van der Waals surface area contributed by atoms with Gasteiger partial charge in [-0.05, 0) is 30.5 Å². The molecule has 1 aromatic heterocycles. The number of carbonyl (C=O) groups excluding carboxylic acids is 1. The largest absolute Gasteiger partial charge is 0.480 e. The fourth-order valence-corrected chi connectivity index (χ4v) is 3.43. The number of nitrogens with zero attached hydrogens (tertiary/aromatic N) is 1. The molecule has 1 aromatic rings. The number of hydrogen-bond donors (Lipinski definition) is 2. The van der Waals surface area contributed by atoms with Crippen molar-refractivity contribution < 1.29 is 14.7 Å². The fourth-order valence-electron chi connectivity index (χ4n) is 2.09. The summed E-state index contributed by atoms with van der Waals surface area (Å²) in [6.07, 6.45) is 3.82. The number of aromatic amines is 1. The van der Waals surface area contributed by atoms with Crippen molar-refractivity contribution in [3.63, 3.8) is 0 Å². The van der Waals surface area contributed by atoms with Crippen molar-refractivity contribution in [3.8, 4) is 0 Å². The van der Waals surface area contributed by atoms with E-state index >= 15 is 0 Å². The lowest BCUT2D eigenvalue weighted by Gasteiger charge is -2.24. The molecule has 0 bridgehead atoms. The van der Waals surface area contributed by atoms with Gasteiger partial charge in [-0.3, -0.25) is 9.69 Å². The number of nitrogens with one attached hydrogen (secondary N) is 1. The second-order valence-corrected chi connectivity index (χ2v) is 6.84. The summed E-state index contributed by atoms with van der Waals surface area (Å²) in [5, 5.41) is 9.37. The second kappa shape index (κ2) is 6.44. The second-order valence-electron chi connectivity index (χ2n) is 5.16. The van der Waals surface area contributed by atoms with Crippen molar-refractivity contribution in [1.29, 1.82) is 0 Å². The number of rotatable bonds is 5. The molecule has 112 valence electrons. The number of thiocarbonyl (C=S) groups is 1. The van der Waals surface area contributed by atoms with Crippen LogP contribution in [0.4, 0.5) is 0 Å². The molecule has 0 aliphatic carbocycles. The van der Waals surface area contributed by atoms with Crippen LogP contribution in [0.2, 0.25) is 0 Å². The number of carbonyl (C=O) groups is 2. The van der Waals surface area contributed by atoms with E-state index in [-0.39, 0.29) is 11.8 Å². The van der Waals surface area contributed by atoms with Crippen LogP contribution in [-0.4, -0.2) is 37.2 Å². The van der Waals surface area contributed by atoms with Gasteiger partial charge in [-0.15, -0.1) is 0 Å². The van der Waals surface area contributed by atoms with Crippen molar-refractivity contribution in [2.75, 3.05) is 0 Å². The van der Waals surface area contributed by atoms with Crippen LogP contribution in [0.15, 0.2) is 23.2 Å². The maximum Gasteiger partial charge on any atom is 0.326 e. The Balaban J connectivity index is 2.27. The molecule has 5 nitrogen and oxygen atoms in total. The molecule has 1 atom stereocenters. The lowest BCUT2D eigenvalue weighted by Crippen LogP contribution is -2.44. The normalized spacial score (nSPS) is 18.8. The van der Waals surface area contributed by atoms with E-state index in [2.05, 4.69) is 4.98 Å². The summed E-state index contributed by atoms with van der Waals surface area (Å²) >= 11 is 6.33. The van der Waals surface area contributed by atoms with Crippen molar-refractivity contribution in [2.45, 2.75) is 26.3 Å². The predicted octanol–water partition coefficient (Wildman–Crippen LogP) is 2.72. The highest BCUT2D eigenvalue weighted by Gasteiger charge is 2.40. The average molecular weight is 324 g/mol. The zero-order valence-electron chi connectivity index (χ0n) is 11.7. The minimum Gasteiger partial charge on any atom is -0.480 e. The number of H-pyrrole nitrogens is 1. The van der Waals surface area contributed by atoms with E-state index in [0.29, 0.717) is 15.6 Å². The third kappa shape index (κ3) is 3.54. The van der Waals surface area contributed by atoms with E-state index in [4.69, 9.17) is 12.2 Å². The summed E-state index contributed by atoms with van der Waals surface area (Å²) in [4.78, 5) is 28.5. The number of aromatic nitrogens is 1. The van der Waals surface area contributed by atoms with Gasteiger partial charge in [-0.2, -0.15) is 0 Å². The van der Waals surface area contributed by atoms with Crippen LogP contribution in [0.3, 0.4) is 0 Å². The van der Waals surface area contributed by atoms with Gasteiger partial charge < -0.3 is 10.1 Å². The molecular weight excluding hydrogens is 308 g/mol. The van der Waals surface area contributed by atoms with E-state index < -0.39 is 12.0 Å². The summed E-state index contributed by atoms with van der Waals surface area (Å²) < 4.78 is 0.297. The van der Waals surface area contributed by atoms with Gasteiger partial charge in [0.05, 0.1) is 4.91 Å². The van der Waals surface area contributed by atoms with E-state index in [0.717, 1.165) is 17.5 Å². The van der Waals surface area contributed by atoms with Crippen molar-refractivity contribution >= 4 is 46.3 Å². The smallest absolute Gasteiger partial charge is 0.326 e. The number of carboxylic acid groups (broad SMARTS) is 1. The number of carboxylic acids is 1. The molecule has 0 aromatic carbocycles. The van der Waals surface area contributed by atoms with Gasteiger partial charge in [-0.25, -0.2) is 4.79 Å². The summed E-state index contributed by atoms with van der Waals surface area (Å²) in [5.74, 6) is -1.21. The summed E-state index contributed by atoms with van der Waals surface area (Å²) in [7, 11) is 0. The first kappa shape index (κ1) is 15.8. The summed E-state index contributed by atoms with van der Waals surface area (Å²) in [5.41, 5.74) is 0.784. The lowest BCUT2D eigenvalue weighted by atomic mass is 10.0. The van der Waals surface area contributed by atoms with Gasteiger partial charge in [-0.1, -0.05) is 37.8 Å². The van der Waals surface area contributed by atoms with Crippen LogP contribution < -0.4 is 0 Å².